The summed E-state index contributed by atoms with van der Waals surface area (Å²) >= 11 is 18.6. The molecule has 0 saturated heterocycles. The quantitative estimate of drug-likeness (QED) is 0.519. The number of benzene rings is 2. The first kappa shape index (κ1) is 17.1. The number of imidazole rings is 1. The lowest BCUT2D eigenvalue weighted by Gasteiger charge is -2.13. The number of anilines is 1. The maximum Gasteiger partial charge on any atom is 0.166 e. The highest BCUT2D eigenvalue weighted by Crippen LogP contribution is 2.31. The van der Waals surface area contributed by atoms with E-state index in [1.54, 1.807) is 36.7 Å². The van der Waals surface area contributed by atoms with Crippen molar-refractivity contribution in [1.82, 2.24) is 19.5 Å². The zero-order valence-electron chi connectivity index (χ0n) is 13.3. The van der Waals surface area contributed by atoms with Crippen molar-refractivity contribution in [2.75, 3.05) is 5.73 Å². The van der Waals surface area contributed by atoms with Crippen molar-refractivity contribution in [2.45, 2.75) is 6.54 Å². The third kappa shape index (κ3) is 3.09. The molecule has 0 saturated carbocycles. The van der Waals surface area contributed by atoms with Crippen LogP contribution in [-0.4, -0.2) is 19.5 Å². The number of hydrogen-bond acceptors (Lipinski definition) is 4. The topological polar surface area (TPSA) is 69.6 Å². The summed E-state index contributed by atoms with van der Waals surface area (Å²) in [5.74, 6) is 1.44. The second kappa shape index (κ2) is 6.76. The fourth-order valence-electron chi connectivity index (χ4n) is 2.68. The van der Waals surface area contributed by atoms with Crippen LogP contribution in [0.4, 0.5) is 5.82 Å². The molecule has 0 fully saturated rings. The number of nitrogen functional groups attached to an aromatic ring is 1. The molecule has 0 atom stereocenters. The van der Waals surface area contributed by atoms with Gasteiger partial charge >= 0.3 is 0 Å². The number of halogens is 3. The van der Waals surface area contributed by atoms with Crippen molar-refractivity contribution >= 4 is 40.6 Å². The zero-order valence-corrected chi connectivity index (χ0v) is 15.6. The summed E-state index contributed by atoms with van der Waals surface area (Å²) < 4.78 is 1.82. The summed E-state index contributed by atoms with van der Waals surface area (Å²) in [6, 6.07) is 12.7. The van der Waals surface area contributed by atoms with Crippen LogP contribution in [0.25, 0.3) is 22.9 Å². The molecule has 0 aromatic heterocycles. The molecule has 0 aliphatic carbocycles. The van der Waals surface area contributed by atoms with Crippen molar-refractivity contribution < 1.29 is 0 Å². The predicted molar refractivity (Wildman–Crippen MR) is 105 cm³/mol. The lowest BCUT2D eigenvalue weighted by molar-refractivity contribution is 0.763. The largest absolute Gasteiger partial charge is 0.382 e. The van der Waals surface area contributed by atoms with Gasteiger partial charge in [-0.2, -0.15) is 0 Å². The average molecular weight is 405 g/mol. The van der Waals surface area contributed by atoms with Gasteiger partial charge in [0.15, 0.2) is 23.2 Å². The Kier molecular flexibility index (Phi) is 4.44. The van der Waals surface area contributed by atoms with E-state index in [0.717, 1.165) is 11.1 Å². The second-order valence-electron chi connectivity index (χ2n) is 5.69. The number of nitrogens with two attached hydrogens (primary N) is 1. The van der Waals surface area contributed by atoms with Crippen molar-refractivity contribution in [2.24, 2.45) is 0 Å². The fraction of sp³-hybridized carbons (Fsp3) is 0.0556. The standard InChI is InChI=1S/C18H12Cl3N5/c19-11-4-1-3-10(7-11)17-24-15-16(22)23-9-26(18(15)25-17)8-12-13(20)5-2-6-14(12)21/h1-7,9H,8,22H2. The molecule has 26 heavy (non-hydrogen) atoms. The Hall–Kier alpha value is -2.34. The van der Waals surface area contributed by atoms with E-state index in [1.165, 1.54) is 0 Å². The molecule has 130 valence electrons. The van der Waals surface area contributed by atoms with E-state index in [9.17, 15) is 0 Å². The summed E-state index contributed by atoms with van der Waals surface area (Å²) in [6.45, 7) is 0.399. The molecule has 0 amide bonds. The van der Waals surface area contributed by atoms with Crippen LogP contribution in [-0.2, 0) is 6.54 Å². The lowest BCUT2D eigenvalue weighted by atomic mass is 10.2. The zero-order chi connectivity index (χ0) is 18.3. The van der Waals surface area contributed by atoms with Crippen LogP contribution in [0.3, 0.4) is 0 Å². The molecular weight excluding hydrogens is 393 g/mol. The minimum absolute atomic E-state index is 0.308. The highest BCUT2D eigenvalue weighted by Gasteiger charge is 2.20. The van der Waals surface area contributed by atoms with E-state index in [4.69, 9.17) is 40.5 Å². The van der Waals surface area contributed by atoms with Crippen LogP contribution in [0.1, 0.15) is 5.56 Å². The molecule has 4 rings (SSSR count). The number of hydrogen-bond donors (Lipinski definition) is 1. The number of rotatable bonds is 3. The van der Waals surface area contributed by atoms with Crippen molar-refractivity contribution in [3.63, 3.8) is 0 Å². The fourth-order valence-corrected chi connectivity index (χ4v) is 3.39. The first-order chi connectivity index (χ1) is 12.5. The molecule has 8 heteroatoms. The van der Waals surface area contributed by atoms with Gasteiger partial charge in [0.1, 0.15) is 0 Å². The van der Waals surface area contributed by atoms with Crippen LogP contribution >= 0.6 is 34.8 Å². The monoisotopic (exact) mass is 403 g/mol. The Morgan fingerprint density at radius 2 is 1.69 bits per heavy atom. The van der Waals surface area contributed by atoms with Gasteiger partial charge in [-0.3, -0.25) is 0 Å². The highest BCUT2D eigenvalue weighted by atomic mass is 35.5. The minimum Gasteiger partial charge on any atom is -0.382 e. The summed E-state index contributed by atoms with van der Waals surface area (Å²) in [4.78, 5) is 13.4. The van der Waals surface area contributed by atoms with Crippen LogP contribution in [0.2, 0.25) is 15.1 Å². The molecule has 0 bridgehead atoms. The Labute approximate surface area is 164 Å². The van der Waals surface area contributed by atoms with E-state index in [1.807, 2.05) is 16.7 Å². The molecule has 2 heterocycles. The summed E-state index contributed by atoms with van der Waals surface area (Å²) in [7, 11) is 0. The number of nitrogens with zero attached hydrogens (tertiary/aromatic N) is 4. The van der Waals surface area contributed by atoms with E-state index in [0.29, 0.717) is 44.8 Å². The summed E-state index contributed by atoms with van der Waals surface area (Å²) in [5, 5.41) is 1.76. The lowest BCUT2D eigenvalue weighted by Crippen LogP contribution is -2.09. The summed E-state index contributed by atoms with van der Waals surface area (Å²) in [5.41, 5.74) is 8.09. The predicted octanol–water partition coefficient (Wildman–Crippen LogP) is 5.04. The third-order valence-corrected chi connectivity index (χ3v) is 4.91. The highest BCUT2D eigenvalue weighted by molar-refractivity contribution is 6.36. The molecular formula is C18H12Cl3N5. The van der Waals surface area contributed by atoms with Gasteiger partial charge in [-0.05, 0) is 24.3 Å². The maximum atomic E-state index is 6.29. The molecule has 2 aromatic rings. The van der Waals surface area contributed by atoms with Crippen LogP contribution in [0.15, 0.2) is 48.8 Å². The van der Waals surface area contributed by atoms with Crippen molar-refractivity contribution in [3.8, 4) is 22.9 Å². The number of aromatic nitrogens is 4. The molecule has 5 nitrogen and oxygen atoms in total. The van der Waals surface area contributed by atoms with Crippen LogP contribution in [0, 0.1) is 0 Å². The van der Waals surface area contributed by atoms with E-state index < -0.39 is 0 Å². The molecule has 2 N–H and O–H groups in total. The molecule has 0 unspecified atom stereocenters. The molecule has 0 spiro atoms. The van der Waals surface area contributed by atoms with Crippen molar-refractivity contribution in [1.29, 1.82) is 0 Å². The first-order valence-electron chi connectivity index (χ1n) is 7.70. The molecule has 2 aromatic carbocycles. The van der Waals surface area contributed by atoms with Gasteiger partial charge in [0.05, 0.1) is 12.9 Å². The third-order valence-electron chi connectivity index (χ3n) is 3.97. The molecule has 2 aliphatic rings. The van der Waals surface area contributed by atoms with Crippen LogP contribution in [0.5, 0.6) is 0 Å². The van der Waals surface area contributed by atoms with E-state index in [-0.39, 0.29) is 0 Å². The number of fused-ring (bicyclic) bond motifs is 1. The van der Waals surface area contributed by atoms with Gasteiger partial charge in [-0.25, -0.2) is 15.0 Å². The van der Waals surface area contributed by atoms with Gasteiger partial charge in [-0.1, -0.05) is 53.0 Å². The SMILES string of the molecule is Nc1ncn(Cc2c(Cl)cccc2Cl)c2nc(-c3cccc(Cl)c3)nc1-2. The van der Waals surface area contributed by atoms with Gasteiger partial charge in [-0.15, -0.1) is 0 Å². The van der Waals surface area contributed by atoms with E-state index in [2.05, 4.69) is 15.0 Å². The Bertz CT molecular complexity index is 1060. The maximum absolute atomic E-state index is 6.29. The summed E-state index contributed by atoms with van der Waals surface area (Å²) in [6.07, 6.45) is 1.60. The van der Waals surface area contributed by atoms with Gasteiger partial charge in [0.25, 0.3) is 0 Å². The normalized spacial score (nSPS) is 11.2. The van der Waals surface area contributed by atoms with Gasteiger partial charge in [0, 0.05) is 26.2 Å². The van der Waals surface area contributed by atoms with Gasteiger partial charge in [0.2, 0.25) is 0 Å². The van der Waals surface area contributed by atoms with Gasteiger partial charge < -0.3 is 10.3 Å². The molecule has 0 radical (unpaired) electrons. The van der Waals surface area contributed by atoms with Crippen molar-refractivity contribution in [3.05, 3.63) is 69.4 Å². The Morgan fingerprint density at radius 1 is 0.962 bits per heavy atom. The average Bonchev–Trinajstić information content (AvgIpc) is 3.07. The Morgan fingerprint density at radius 3 is 2.42 bits per heavy atom. The second-order valence-corrected chi connectivity index (χ2v) is 6.94. The minimum atomic E-state index is 0.308. The van der Waals surface area contributed by atoms with E-state index >= 15 is 0 Å². The van der Waals surface area contributed by atoms with Crippen LogP contribution < -0.4 is 5.73 Å². The Balaban J connectivity index is 1.83. The smallest absolute Gasteiger partial charge is 0.166 e. The molecule has 2 aliphatic heterocycles. The first-order valence-corrected chi connectivity index (χ1v) is 8.83.